The van der Waals surface area contributed by atoms with E-state index in [1.165, 1.54) is 25.7 Å². The van der Waals surface area contributed by atoms with Crippen LogP contribution in [0.15, 0.2) is 12.5 Å². The highest BCUT2D eigenvalue weighted by Crippen LogP contribution is 2.15. The van der Waals surface area contributed by atoms with E-state index in [-0.39, 0.29) is 0 Å². The van der Waals surface area contributed by atoms with Gasteiger partial charge in [0.15, 0.2) is 0 Å². The van der Waals surface area contributed by atoms with Gasteiger partial charge in [-0.25, -0.2) is 4.98 Å². The van der Waals surface area contributed by atoms with Crippen LogP contribution in [-0.4, -0.2) is 9.55 Å². The topological polar surface area (TPSA) is 17.8 Å². The summed E-state index contributed by atoms with van der Waals surface area (Å²) in [4.78, 5) is 4.25. The zero-order valence-electron chi connectivity index (χ0n) is 9.66. The molecule has 0 saturated heterocycles. The van der Waals surface area contributed by atoms with Crippen molar-refractivity contribution in [2.75, 3.05) is 0 Å². The quantitative estimate of drug-likeness (QED) is 0.678. The summed E-state index contributed by atoms with van der Waals surface area (Å²) >= 11 is 0. The van der Waals surface area contributed by atoms with Crippen LogP contribution in [0.1, 0.15) is 45.2 Å². The van der Waals surface area contributed by atoms with Gasteiger partial charge in [0.1, 0.15) is 0 Å². The fourth-order valence-electron chi connectivity index (χ4n) is 1.79. The molecule has 0 spiro atoms. The molecule has 1 heterocycles. The van der Waals surface area contributed by atoms with Crippen LogP contribution in [0.25, 0.3) is 0 Å². The van der Waals surface area contributed by atoms with Gasteiger partial charge in [0.05, 0.1) is 12.0 Å². The third kappa shape index (κ3) is 3.52. The van der Waals surface area contributed by atoms with Gasteiger partial charge in [-0.05, 0) is 19.3 Å². The number of nitrogens with zero attached hydrogens (tertiary/aromatic N) is 2. The Morgan fingerprint density at radius 2 is 2.21 bits per heavy atom. The van der Waals surface area contributed by atoms with Crippen molar-refractivity contribution in [3.05, 3.63) is 18.2 Å². The predicted molar refractivity (Wildman–Crippen MR) is 60.3 cm³/mol. The molecule has 0 aliphatic carbocycles. The highest BCUT2D eigenvalue weighted by molar-refractivity contribution is 4.92. The van der Waals surface area contributed by atoms with Crippen LogP contribution >= 0.6 is 0 Å². The van der Waals surface area contributed by atoms with Gasteiger partial charge in [0, 0.05) is 12.7 Å². The van der Waals surface area contributed by atoms with E-state index in [4.69, 9.17) is 0 Å². The second kappa shape index (κ2) is 5.84. The molecule has 0 aliphatic heterocycles. The highest BCUT2D eigenvalue weighted by Gasteiger charge is 2.06. The molecule has 0 bridgehead atoms. The molecule has 0 saturated carbocycles. The molecule has 0 fully saturated rings. The van der Waals surface area contributed by atoms with Crippen LogP contribution in [-0.2, 0) is 6.54 Å². The van der Waals surface area contributed by atoms with Gasteiger partial charge in [-0.3, -0.25) is 0 Å². The first kappa shape index (κ1) is 11.3. The molecule has 1 unspecified atom stereocenters. The van der Waals surface area contributed by atoms with Gasteiger partial charge in [-0.2, -0.15) is 0 Å². The lowest BCUT2D eigenvalue weighted by Crippen LogP contribution is -2.08. The fraction of sp³-hybridized carbons (Fsp3) is 0.750. The molecule has 0 amide bonds. The average molecular weight is 194 g/mol. The van der Waals surface area contributed by atoms with E-state index < -0.39 is 0 Å². The first-order valence-electron chi connectivity index (χ1n) is 5.74. The third-order valence-corrected chi connectivity index (χ3v) is 2.77. The molecule has 2 heteroatoms. The van der Waals surface area contributed by atoms with Crippen LogP contribution in [0.5, 0.6) is 0 Å². The fourth-order valence-corrected chi connectivity index (χ4v) is 1.79. The summed E-state index contributed by atoms with van der Waals surface area (Å²) in [5.74, 6) is 0.823. The Labute approximate surface area is 87.4 Å². The first-order valence-corrected chi connectivity index (χ1v) is 5.74. The highest BCUT2D eigenvalue weighted by atomic mass is 15.0. The summed E-state index contributed by atoms with van der Waals surface area (Å²) in [5, 5.41) is 0. The lowest BCUT2D eigenvalue weighted by Gasteiger charge is -2.14. The van der Waals surface area contributed by atoms with E-state index in [1.807, 2.05) is 13.3 Å². The second-order valence-electron chi connectivity index (χ2n) is 4.13. The van der Waals surface area contributed by atoms with Gasteiger partial charge in [0.25, 0.3) is 0 Å². The maximum absolute atomic E-state index is 4.25. The zero-order valence-corrected chi connectivity index (χ0v) is 9.66. The van der Waals surface area contributed by atoms with Crippen molar-refractivity contribution < 1.29 is 0 Å². The molecule has 0 N–H and O–H groups in total. The van der Waals surface area contributed by atoms with Crippen LogP contribution in [0, 0.1) is 12.8 Å². The van der Waals surface area contributed by atoms with E-state index in [9.17, 15) is 0 Å². The van der Waals surface area contributed by atoms with E-state index in [0.717, 1.165) is 18.2 Å². The smallest absolute Gasteiger partial charge is 0.0949 e. The Morgan fingerprint density at radius 1 is 1.43 bits per heavy atom. The molecule has 80 valence electrons. The molecule has 0 aromatic carbocycles. The SMILES string of the molecule is CCCCC(CC)Cn1cnc(C)c1. The monoisotopic (exact) mass is 194 g/mol. The number of aryl methyl sites for hydroxylation is 1. The third-order valence-electron chi connectivity index (χ3n) is 2.77. The van der Waals surface area contributed by atoms with E-state index in [2.05, 4.69) is 29.6 Å². The Morgan fingerprint density at radius 3 is 2.71 bits per heavy atom. The molecule has 1 rings (SSSR count). The maximum atomic E-state index is 4.25. The number of hydrogen-bond acceptors (Lipinski definition) is 1. The zero-order chi connectivity index (χ0) is 10.4. The first-order chi connectivity index (χ1) is 6.76. The Balaban J connectivity index is 2.40. The minimum Gasteiger partial charge on any atom is -0.337 e. The van der Waals surface area contributed by atoms with E-state index >= 15 is 0 Å². The van der Waals surface area contributed by atoms with Crippen molar-refractivity contribution in [3.8, 4) is 0 Å². The second-order valence-corrected chi connectivity index (χ2v) is 4.13. The van der Waals surface area contributed by atoms with Gasteiger partial charge < -0.3 is 4.57 Å². The maximum Gasteiger partial charge on any atom is 0.0949 e. The molecule has 1 aromatic rings. The van der Waals surface area contributed by atoms with Crippen molar-refractivity contribution >= 4 is 0 Å². The lowest BCUT2D eigenvalue weighted by molar-refractivity contribution is 0.390. The summed E-state index contributed by atoms with van der Waals surface area (Å²) in [6.45, 7) is 7.72. The number of imidazole rings is 1. The number of rotatable bonds is 6. The van der Waals surface area contributed by atoms with E-state index in [1.54, 1.807) is 0 Å². The average Bonchev–Trinajstić information content (AvgIpc) is 2.58. The summed E-state index contributed by atoms with van der Waals surface area (Å²) in [7, 11) is 0. The van der Waals surface area contributed by atoms with Crippen LogP contribution in [0.2, 0.25) is 0 Å². The Kier molecular flexibility index (Phi) is 4.71. The normalized spacial score (nSPS) is 13.1. The molecule has 0 radical (unpaired) electrons. The van der Waals surface area contributed by atoms with E-state index in [0.29, 0.717) is 0 Å². The summed E-state index contributed by atoms with van der Waals surface area (Å²) in [6, 6.07) is 0. The van der Waals surface area contributed by atoms with Crippen LogP contribution in [0.3, 0.4) is 0 Å². The molecule has 1 atom stereocenters. The molecular formula is C12H22N2. The molecular weight excluding hydrogens is 172 g/mol. The van der Waals surface area contributed by atoms with Gasteiger partial charge >= 0.3 is 0 Å². The summed E-state index contributed by atoms with van der Waals surface area (Å²) in [5.41, 5.74) is 1.12. The van der Waals surface area contributed by atoms with Crippen LogP contribution < -0.4 is 0 Å². The summed E-state index contributed by atoms with van der Waals surface area (Å²) in [6.07, 6.45) is 9.37. The number of aromatic nitrogens is 2. The molecule has 1 aromatic heterocycles. The molecule has 0 aliphatic rings. The standard InChI is InChI=1S/C12H22N2/c1-4-6-7-12(5-2)9-14-8-11(3)13-10-14/h8,10,12H,4-7,9H2,1-3H3. The largest absolute Gasteiger partial charge is 0.337 e. The molecule has 2 nitrogen and oxygen atoms in total. The number of unbranched alkanes of at least 4 members (excludes halogenated alkanes) is 1. The van der Waals surface area contributed by atoms with Crippen molar-refractivity contribution in [3.63, 3.8) is 0 Å². The van der Waals surface area contributed by atoms with Crippen molar-refractivity contribution in [2.45, 2.75) is 53.0 Å². The Bertz CT molecular complexity index is 253. The Hall–Kier alpha value is -0.790. The van der Waals surface area contributed by atoms with Crippen molar-refractivity contribution in [1.29, 1.82) is 0 Å². The van der Waals surface area contributed by atoms with Crippen molar-refractivity contribution in [1.82, 2.24) is 9.55 Å². The minimum absolute atomic E-state index is 0.823. The lowest BCUT2D eigenvalue weighted by atomic mass is 9.99. The van der Waals surface area contributed by atoms with Crippen molar-refractivity contribution in [2.24, 2.45) is 5.92 Å². The predicted octanol–water partition coefficient (Wildman–Crippen LogP) is 3.41. The van der Waals surface area contributed by atoms with Gasteiger partial charge in [-0.15, -0.1) is 0 Å². The molecule has 14 heavy (non-hydrogen) atoms. The minimum atomic E-state index is 0.823. The number of hydrogen-bond donors (Lipinski definition) is 0. The van der Waals surface area contributed by atoms with Crippen LogP contribution in [0.4, 0.5) is 0 Å². The van der Waals surface area contributed by atoms with Gasteiger partial charge in [0.2, 0.25) is 0 Å². The summed E-state index contributed by atoms with van der Waals surface area (Å²) < 4.78 is 2.22. The van der Waals surface area contributed by atoms with Gasteiger partial charge in [-0.1, -0.05) is 33.1 Å².